The van der Waals surface area contributed by atoms with Crippen LogP contribution in [0.5, 0.6) is 5.75 Å². The molecule has 1 heterocycles. The average molecular weight is 579 g/mol. The van der Waals surface area contributed by atoms with E-state index in [1.165, 1.54) is 11.1 Å². The van der Waals surface area contributed by atoms with Crippen LogP contribution in [0.3, 0.4) is 0 Å². The van der Waals surface area contributed by atoms with Gasteiger partial charge >= 0.3 is 11.9 Å². The third-order valence-corrected chi connectivity index (χ3v) is 7.22. The van der Waals surface area contributed by atoms with E-state index in [2.05, 4.69) is 42.2 Å². The summed E-state index contributed by atoms with van der Waals surface area (Å²) in [4.78, 5) is 21.2. The first-order chi connectivity index (χ1) is 20.2. The number of carboxylic acids is 2. The Bertz CT molecular complexity index is 1260. The van der Waals surface area contributed by atoms with Crippen LogP contribution >= 0.6 is 0 Å². The van der Waals surface area contributed by atoms with Crippen molar-refractivity contribution in [2.75, 3.05) is 19.8 Å². The first-order valence-electron chi connectivity index (χ1n) is 14.4. The fourth-order valence-electron chi connectivity index (χ4n) is 4.89. The molecule has 6 N–H and O–H groups in total. The maximum atomic E-state index is 11.1. The van der Waals surface area contributed by atoms with Crippen molar-refractivity contribution in [3.8, 4) is 17.6 Å². The van der Waals surface area contributed by atoms with Gasteiger partial charge in [-0.2, -0.15) is 0 Å². The standard InChI is InChI=1S/C27H28O5.C6H14N2O2/c1-2-4-23(18-26(28)29)21-7-9-25(10-8-21)30-19-20-5-3-6-24(17-20)22-11-13-27(14-12-22)31-15-16-32-27;7-4-2-1-3-5(8)6(9)10/h3,5-11,17,23H,12-16,18-19H2,1H3,(H,28,29);5H,1-4,7-8H2,(H,9,10)/t23-;5-/m00/s1. The summed E-state index contributed by atoms with van der Waals surface area (Å²) in [5, 5.41) is 17.4. The van der Waals surface area contributed by atoms with Crippen molar-refractivity contribution in [1.29, 1.82) is 0 Å². The lowest BCUT2D eigenvalue weighted by molar-refractivity contribution is -0.159. The van der Waals surface area contributed by atoms with Gasteiger partial charge in [-0.05, 0) is 73.2 Å². The van der Waals surface area contributed by atoms with Gasteiger partial charge in [0.2, 0.25) is 0 Å². The molecule has 2 aliphatic rings. The number of rotatable bonds is 12. The zero-order chi connectivity index (χ0) is 30.4. The van der Waals surface area contributed by atoms with E-state index in [1.54, 1.807) is 6.92 Å². The second-order valence-corrected chi connectivity index (χ2v) is 10.4. The SMILES string of the molecule is CC#C[C@@H](CC(=O)O)c1ccc(OCc2cccc(C3=CCC4(CC3)OCCO4)c2)cc1.NCCCC[C@H](N)C(=O)O. The molecule has 2 atom stereocenters. The Labute approximate surface area is 247 Å². The smallest absolute Gasteiger partial charge is 0.320 e. The zero-order valence-electron chi connectivity index (χ0n) is 24.2. The molecule has 1 fully saturated rings. The molecule has 0 amide bonds. The second-order valence-electron chi connectivity index (χ2n) is 10.4. The minimum absolute atomic E-state index is 0.0109. The molecule has 42 heavy (non-hydrogen) atoms. The Hall–Kier alpha value is -3.68. The highest BCUT2D eigenvalue weighted by Crippen LogP contribution is 2.38. The fraction of sp³-hybridized carbons (Fsp3) is 0.455. The molecule has 0 unspecified atom stereocenters. The minimum atomic E-state index is -0.933. The molecule has 1 aliphatic carbocycles. The van der Waals surface area contributed by atoms with E-state index in [0.29, 0.717) is 32.8 Å². The molecule has 226 valence electrons. The van der Waals surface area contributed by atoms with Gasteiger partial charge in [0.05, 0.1) is 25.6 Å². The first kappa shape index (κ1) is 32.8. The van der Waals surface area contributed by atoms with Gasteiger partial charge in [0.25, 0.3) is 0 Å². The number of benzene rings is 2. The normalized spacial score (nSPS) is 16.7. The number of nitrogens with two attached hydrogens (primary N) is 2. The lowest BCUT2D eigenvalue weighted by atomic mass is 9.89. The van der Waals surface area contributed by atoms with Crippen molar-refractivity contribution in [1.82, 2.24) is 0 Å². The van der Waals surface area contributed by atoms with Crippen molar-refractivity contribution < 1.29 is 34.0 Å². The van der Waals surface area contributed by atoms with E-state index in [-0.39, 0.29) is 12.3 Å². The number of carbonyl (C=O) groups is 2. The summed E-state index contributed by atoms with van der Waals surface area (Å²) in [6, 6.07) is 15.2. The van der Waals surface area contributed by atoms with Gasteiger partial charge in [-0.15, -0.1) is 5.92 Å². The van der Waals surface area contributed by atoms with Crippen molar-refractivity contribution >= 4 is 17.5 Å². The predicted octanol–water partition coefficient (Wildman–Crippen LogP) is 4.68. The van der Waals surface area contributed by atoms with Crippen LogP contribution in [0, 0.1) is 11.8 Å². The number of aliphatic carboxylic acids is 2. The Morgan fingerprint density at radius 3 is 2.43 bits per heavy atom. The molecule has 2 aromatic carbocycles. The highest BCUT2D eigenvalue weighted by atomic mass is 16.7. The number of hydrogen-bond acceptors (Lipinski definition) is 7. The molecule has 9 nitrogen and oxygen atoms in total. The number of hydrogen-bond donors (Lipinski definition) is 4. The first-order valence-corrected chi connectivity index (χ1v) is 14.4. The molecule has 0 radical (unpaired) electrons. The molecular weight excluding hydrogens is 536 g/mol. The summed E-state index contributed by atoms with van der Waals surface area (Å²) >= 11 is 0. The largest absolute Gasteiger partial charge is 0.489 e. The molecule has 2 aromatic rings. The third-order valence-electron chi connectivity index (χ3n) is 7.22. The highest BCUT2D eigenvalue weighted by molar-refractivity contribution is 5.73. The molecule has 1 saturated heterocycles. The van der Waals surface area contributed by atoms with Crippen LogP contribution in [0.25, 0.3) is 5.57 Å². The van der Waals surface area contributed by atoms with Gasteiger partial charge in [0.1, 0.15) is 18.4 Å². The Morgan fingerprint density at radius 1 is 1.10 bits per heavy atom. The number of ether oxygens (including phenoxy) is 3. The van der Waals surface area contributed by atoms with Gasteiger partial charge in [-0.1, -0.05) is 48.7 Å². The van der Waals surface area contributed by atoms with E-state index < -0.39 is 23.8 Å². The molecule has 1 spiro atoms. The third kappa shape index (κ3) is 10.3. The number of allylic oxidation sites excluding steroid dienone is 1. The van der Waals surface area contributed by atoms with Crippen LogP contribution in [0.4, 0.5) is 0 Å². The van der Waals surface area contributed by atoms with E-state index in [9.17, 15) is 9.59 Å². The monoisotopic (exact) mass is 578 g/mol. The van der Waals surface area contributed by atoms with Gasteiger partial charge in [0, 0.05) is 12.8 Å². The van der Waals surface area contributed by atoms with Crippen LogP contribution < -0.4 is 16.2 Å². The van der Waals surface area contributed by atoms with Gasteiger partial charge in [-0.25, -0.2) is 0 Å². The molecule has 0 aromatic heterocycles. The highest BCUT2D eigenvalue weighted by Gasteiger charge is 2.37. The fourth-order valence-corrected chi connectivity index (χ4v) is 4.89. The maximum absolute atomic E-state index is 11.1. The van der Waals surface area contributed by atoms with E-state index >= 15 is 0 Å². The molecular formula is C33H42N2O7. The molecule has 0 saturated carbocycles. The minimum Gasteiger partial charge on any atom is -0.489 e. The van der Waals surface area contributed by atoms with Crippen LogP contribution in [-0.2, 0) is 25.7 Å². The average Bonchev–Trinajstić information content (AvgIpc) is 3.44. The second kappa shape index (κ2) is 16.7. The topological polar surface area (TPSA) is 154 Å². The van der Waals surface area contributed by atoms with Crippen molar-refractivity contribution in [3.63, 3.8) is 0 Å². The summed E-state index contributed by atoms with van der Waals surface area (Å²) in [6.45, 7) is 4.15. The lowest BCUT2D eigenvalue weighted by Crippen LogP contribution is -2.31. The van der Waals surface area contributed by atoms with Crippen LogP contribution in [0.1, 0.15) is 74.5 Å². The molecule has 9 heteroatoms. The Balaban J connectivity index is 0.000000416. The zero-order valence-corrected chi connectivity index (χ0v) is 24.2. The van der Waals surface area contributed by atoms with Crippen molar-refractivity contribution in [3.05, 3.63) is 71.3 Å². The molecule has 4 rings (SSSR count). The van der Waals surface area contributed by atoms with Crippen molar-refractivity contribution in [2.45, 2.75) is 76.2 Å². The maximum Gasteiger partial charge on any atom is 0.320 e. The van der Waals surface area contributed by atoms with Crippen LogP contribution in [0.15, 0.2) is 54.6 Å². The summed E-state index contributed by atoms with van der Waals surface area (Å²) in [7, 11) is 0. The van der Waals surface area contributed by atoms with Crippen LogP contribution in [-0.4, -0.2) is 53.7 Å². The van der Waals surface area contributed by atoms with Crippen molar-refractivity contribution in [2.24, 2.45) is 11.5 Å². The molecule has 0 bridgehead atoms. The Morgan fingerprint density at radius 2 is 1.83 bits per heavy atom. The van der Waals surface area contributed by atoms with Gasteiger partial charge in [0.15, 0.2) is 5.79 Å². The summed E-state index contributed by atoms with van der Waals surface area (Å²) in [6.07, 6.45) is 7.00. The Kier molecular flexibility index (Phi) is 13.0. The lowest BCUT2D eigenvalue weighted by Gasteiger charge is -2.30. The van der Waals surface area contributed by atoms with Crippen LogP contribution in [0.2, 0.25) is 0 Å². The van der Waals surface area contributed by atoms with E-state index in [0.717, 1.165) is 49.0 Å². The predicted molar refractivity (Wildman–Crippen MR) is 161 cm³/mol. The summed E-state index contributed by atoms with van der Waals surface area (Å²) in [5.74, 6) is 4.02. The summed E-state index contributed by atoms with van der Waals surface area (Å²) in [5.41, 5.74) is 14.9. The molecule has 1 aliphatic heterocycles. The van der Waals surface area contributed by atoms with E-state index in [1.807, 2.05) is 24.3 Å². The quantitative estimate of drug-likeness (QED) is 0.207. The number of unbranched alkanes of at least 4 members (excludes halogenated alkanes) is 1. The number of carboxylic acid groups (broad SMARTS) is 2. The summed E-state index contributed by atoms with van der Waals surface area (Å²) < 4.78 is 17.6. The van der Waals surface area contributed by atoms with Gasteiger partial charge < -0.3 is 35.9 Å². The van der Waals surface area contributed by atoms with E-state index in [4.69, 9.17) is 35.9 Å². The van der Waals surface area contributed by atoms with Gasteiger partial charge in [-0.3, -0.25) is 9.59 Å².